The third kappa shape index (κ3) is 3.20. The molecule has 0 aliphatic heterocycles. The van der Waals surface area contributed by atoms with E-state index >= 15 is 0 Å². The molecular weight excluding hydrogens is 274 g/mol. The number of hydrogen-bond donors (Lipinski definition) is 1. The van der Waals surface area contributed by atoms with Gasteiger partial charge in [-0.2, -0.15) is 0 Å². The maximum Gasteiger partial charge on any atom is 0.303 e. The Balaban J connectivity index is 0.000000325. The number of carboxylic acid groups (broad SMARTS) is 1. The second-order valence-electron chi connectivity index (χ2n) is 9.06. The quantitative estimate of drug-likeness (QED) is 0.837. The highest BCUT2D eigenvalue weighted by atomic mass is 16.4. The predicted molar refractivity (Wildman–Crippen MR) is 88.8 cm³/mol. The Hall–Kier alpha value is -0.570. The van der Waals surface area contributed by atoms with Gasteiger partial charge in [0.1, 0.15) is 0 Å². The van der Waals surface area contributed by atoms with Crippen LogP contribution in [0.3, 0.4) is 0 Å². The standard InChI is InChI=1S/C16H24O2.C3H9N/c17-14(18)10-11-1-3-15(5-6-15)12-2-4-16(7-8-16)13(12)9-11;1-4(2)3/h11-13H,1-10H2,(H,17,18);1-3H3/t11-,12?,13?;/m1./s1. The molecule has 4 aliphatic carbocycles. The van der Waals surface area contributed by atoms with Crippen molar-refractivity contribution in [2.24, 2.45) is 28.6 Å². The van der Waals surface area contributed by atoms with Crippen LogP contribution in [0.5, 0.6) is 0 Å². The minimum absolute atomic E-state index is 0.426. The van der Waals surface area contributed by atoms with Crippen molar-refractivity contribution in [2.45, 2.75) is 64.2 Å². The molecule has 1 N–H and O–H groups in total. The topological polar surface area (TPSA) is 40.5 Å². The monoisotopic (exact) mass is 307 g/mol. The molecule has 3 heteroatoms. The van der Waals surface area contributed by atoms with Gasteiger partial charge in [-0.25, -0.2) is 0 Å². The highest BCUT2D eigenvalue weighted by Crippen LogP contribution is 2.73. The first-order chi connectivity index (χ1) is 10.4. The summed E-state index contributed by atoms with van der Waals surface area (Å²) >= 11 is 0. The van der Waals surface area contributed by atoms with Crippen molar-refractivity contribution in [3.05, 3.63) is 0 Å². The van der Waals surface area contributed by atoms with E-state index < -0.39 is 5.97 Å². The molecule has 0 radical (unpaired) electrons. The normalized spacial score (nSPS) is 36.5. The molecule has 126 valence electrons. The lowest BCUT2D eigenvalue weighted by molar-refractivity contribution is -0.138. The minimum atomic E-state index is -0.578. The summed E-state index contributed by atoms with van der Waals surface area (Å²) in [7, 11) is 6.00. The molecule has 2 spiro atoms. The lowest BCUT2D eigenvalue weighted by Crippen LogP contribution is -2.23. The largest absolute Gasteiger partial charge is 0.481 e. The van der Waals surface area contributed by atoms with Gasteiger partial charge in [0.15, 0.2) is 0 Å². The number of rotatable bonds is 2. The van der Waals surface area contributed by atoms with Crippen LogP contribution in [-0.2, 0) is 4.79 Å². The van der Waals surface area contributed by atoms with Gasteiger partial charge in [-0.3, -0.25) is 4.79 Å². The molecular formula is C19H33NO2. The van der Waals surface area contributed by atoms with Crippen molar-refractivity contribution >= 4 is 5.97 Å². The van der Waals surface area contributed by atoms with Crippen LogP contribution in [0, 0.1) is 28.6 Å². The fourth-order valence-corrected chi connectivity index (χ4v) is 5.55. The second kappa shape index (κ2) is 5.81. The summed E-state index contributed by atoms with van der Waals surface area (Å²) < 4.78 is 0. The Morgan fingerprint density at radius 2 is 1.45 bits per heavy atom. The van der Waals surface area contributed by atoms with Crippen molar-refractivity contribution in [3.8, 4) is 0 Å². The van der Waals surface area contributed by atoms with E-state index in [1.54, 1.807) is 0 Å². The van der Waals surface area contributed by atoms with Gasteiger partial charge in [-0.05, 0) is 108 Å². The summed E-state index contributed by atoms with van der Waals surface area (Å²) in [6.07, 6.45) is 12.9. The van der Waals surface area contributed by atoms with E-state index in [0.717, 1.165) is 11.8 Å². The zero-order valence-electron chi connectivity index (χ0n) is 14.6. The van der Waals surface area contributed by atoms with E-state index in [-0.39, 0.29) is 0 Å². The van der Waals surface area contributed by atoms with E-state index in [0.29, 0.717) is 23.2 Å². The van der Waals surface area contributed by atoms with E-state index in [1.807, 2.05) is 26.0 Å². The van der Waals surface area contributed by atoms with Gasteiger partial charge in [-0.1, -0.05) is 0 Å². The van der Waals surface area contributed by atoms with Crippen LogP contribution < -0.4 is 0 Å². The van der Waals surface area contributed by atoms with E-state index in [2.05, 4.69) is 0 Å². The van der Waals surface area contributed by atoms with Crippen LogP contribution in [0.4, 0.5) is 0 Å². The van der Waals surface area contributed by atoms with Gasteiger partial charge in [0.05, 0.1) is 0 Å². The molecule has 0 aromatic carbocycles. The lowest BCUT2D eigenvalue weighted by Gasteiger charge is -2.29. The average molecular weight is 307 g/mol. The Bertz CT molecular complexity index is 420. The van der Waals surface area contributed by atoms with Crippen LogP contribution in [0.15, 0.2) is 0 Å². The molecule has 0 aromatic heterocycles. The van der Waals surface area contributed by atoms with Gasteiger partial charge in [0.2, 0.25) is 0 Å². The fraction of sp³-hybridized carbons (Fsp3) is 0.947. The summed E-state index contributed by atoms with van der Waals surface area (Å²) in [5.41, 5.74) is 1.38. The summed E-state index contributed by atoms with van der Waals surface area (Å²) in [5, 5.41) is 9.09. The molecule has 4 fully saturated rings. The highest BCUT2D eigenvalue weighted by Gasteiger charge is 2.64. The molecule has 4 rings (SSSR count). The molecule has 0 aromatic rings. The maximum atomic E-state index is 11.0. The first kappa shape index (κ1) is 16.3. The van der Waals surface area contributed by atoms with Gasteiger partial charge >= 0.3 is 5.97 Å². The number of fused-ring (bicyclic) bond motifs is 3. The highest BCUT2D eigenvalue weighted by molar-refractivity contribution is 5.67. The first-order valence-corrected chi connectivity index (χ1v) is 9.20. The van der Waals surface area contributed by atoms with Crippen molar-refractivity contribution in [1.29, 1.82) is 0 Å². The van der Waals surface area contributed by atoms with Crippen LogP contribution in [0.1, 0.15) is 64.2 Å². The first-order valence-electron chi connectivity index (χ1n) is 9.20. The fourth-order valence-electron chi connectivity index (χ4n) is 5.55. The molecule has 2 unspecified atom stereocenters. The number of aliphatic carboxylic acids is 1. The second-order valence-corrected chi connectivity index (χ2v) is 9.06. The molecule has 4 saturated carbocycles. The molecule has 0 amide bonds. The smallest absolute Gasteiger partial charge is 0.303 e. The van der Waals surface area contributed by atoms with E-state index in [1.165, 1.54) is 57.8 Å². The van der Waals surface area contributed by atoms with Gasteiger partial charge < -0.3 is 10.0 Å². The molecule has 3 atom stereocenters. The molecule has 4 aliphatic rings. The summed E-state index contributed by atoms with van der Waals surface area (Å²) in [5.74, 6) is 1.77. The molecule has 22 heavy (non-hydrogen) atoms. The van der Waals surface area contributed by atoms with Crippen LogP contribution in [0.25, 0.3) is 0 Å². The zero-order valence-corrected chi connectivity index (χ0v) is 14.6. The maximum absolute atomic E-state index is 11.0. The van der Waals surface area contributed by atoms with Crippen molar-refractivity contribution in [2.75, 3.05) is 21.1 Å². The third-order valence-corrected chi connectivity index (χ3v) is 6.90. The Morgan fingerprint density at radius 3 is 1.95 bits per heavy atom. The molecule has 0 saturated heterocycles. The Morgan fingerprint density at radius 1 is 0.955 bits per heavy atom. The van der Waals surface area contributed by atoms with E-state index in [9.17, 15) is 4.79 Å². The number of nitrogens with zero attached hydrogens (tertiary/aromatic N) is 1. The predicted octanol–water partition coefficient (Wildman–Crippen LogP) is 4.03. The Kier molecular flexibility index (Phi) is 4.30. The van der Waals surface area contributed by atoms with Gasteiger partial charge in [-0.15, -0.1) is 0 Å². The SMILES string of the molecule is CN(C)C.O=C(O)C[C@@H]1CCC2(CC2)C2CCC3(CC3)C2C1. The molecule has 0 bridgehead atoms. The van der Waals surface area contributed by atoms with Gasteiger partial charge in [0.25, 0.3) is 0 Å². The van der Waals surface area contributed by atoms with Crippen molar-refractivity contribution in [1.82, 2.24) is 4.90 Å². The van der Waals surface area contributed by atoms with Crippen molar-refractivity contribution in [3.63, 3.8) is 0 Å². The minimum Gasteiger partial charge on any atom is -0.481 e. The van der Waals surface area contributed by atoms with Gasteiger partial charge in [0, 0.05) is 6.42 Å². The molecule has 3 nitrogen and oxygen atoms in total. The number of carbonyl (C=O) groups is 1. The van der Waals surface area contributed by atoms with E-state index in [4.69, 9.17) is 5.11 Å². The van der Waals surface area contributed by atoms with Crippen LogP contribution in [-0.4, -0.2) is 37.1 Å². The number of carboxylic acids is 1. The third-order valence-electron chi connectivity index (χ3n) is 6.90. The molecule has 0 heterocycles. The van der Waals surface area contributed by atoms with Crippen molar-refractivity contribution < 1.29 is 9.90 Å². The Labute approximate surface area is 135 Å². The average Bonchev–Trinajstić information content (AvgIpc) is 3.28. The lowest BCUT2D eigenvalue weighted by atomic mass is 9.76. The summed E-state index contributed by atoms with van der Waals surface area (Å²) in [6.45, 7) is 0. The summed E-state index contributed by atoms with van der Waals surface area (Å²) in [4.78, 5) is 13.0. The zero-order chi connectivity index (χ0) is 16.0. The van der Waals surface area contributed by atoms with Crippen LogP contribution in [0.2, 0.25) is 0 Å². The number of hydrogen-bond acceptors (Lipinski definition) is 2. The van der Waals surface area contributed by atoms with Crippen LogP contribution >= 0.6 is 0 Å². The summed E-state index contributed by atoms with van der Waals surface area (Å²) in [6, 6.07) is 0.